The minimum Gasteiger partial charge on any atom is -0.352 e. The van der Waals surface area contributed by atoms with Crippen LogP contribution in [-0.4, -0.2) is 19.0 Å². The number of nitrogens with one attached hydrogen (secondary N) is 2. The molecule has 2 N–H and O–H groups in total. The van der Waals surface area contributed by atoms with Crippen molar-refractivity contribution >= 4 is 23.3 Å². The molecular formula is C19H20ClF3N3O+. The molecule has 0 bridgehead atoms. The second-order valence-corrected chi connectivity index (χ2v) is 6.95. The fourth-order valence-electron chi connectivity index (χ4n) is 3.16. The van der Waals surface area contributed by atoms with Gasteiger partial charge in [0.05, 0.1) is 18.7 Å². The van der Waals surface area contributed by atoms with E-state index >= 15 is 0 Å². The van der Waals surface area contributed by atoms with Gasteiger partial charge in [-0.2, -0.15) is 13.2 Å². The Labute approximate surface area is 160 Å². The Morgan fingerprint density at radius 3 is 2.48 bits per heavy atom. The predicted octanol–water partition coefficient (Wildman–Crippen LogP) is 3.71. The number of benzene rings is 1. The van der Waals surface area contributed by atoms with Crippen LogP contribution in [0.25, 0.3) is 0 Å². The predicted molar refractivity (Wildman–Crippen MR) is 96.2 cm³/mol. The smallest absolute Gasteiger partial charge is 0.352 e. The maximum atomic E-state index is 12.7. The van der Waals surface area contributed by atoms with E-state index in [4.69, 9.17) is 11.6 Å². The monoisotopic (exact) mass is 398 g/mol. The van der Waals surface area contributed by atoms with Gasteiger partial charge in [0.1, 0.15) is 11.2 Å². The third-order valence-corrected chi connectivity index (χ3v) is 4.98. The molecule has 0 atom stereocenters. The number of hydrogen-bond donors (Lipinski definition) is 1. The van der Waals surface area contributed by atoms with Crippen LogP contribution in [0.4, 0.5) is 19.0 Å². The summed E-state index contributed by atoms with van der Waals surface area (Å²) in [7, 11) is 0. The van der Waals surface area contributed by atoms with E-state index in [1.807, 2.05) is 35.2 Å². The van der Waals surface area contributed by atoms with Crippen LogP contribution in [0.15, 0.2) is 42.6 Å². The molecule has 1 fully saturated rings. The number of aromatic nitrogens is 1. The number of hydrogen-bond acceptors (Lipinski definition) is 2. The molecule has 0 unspecified atom stereocenters. The van der Waals surface area contributed by atoms with Crippen LogP contribution in [0.5, 0.6) is 0 Å². The number of amides is 1. The van der Waals surface area contributed by atoms with Crippen LogP contribution in [0.2, 0.25) is 5.02 Å². The number of alkyl halides is 3. The van der Waals surface area contributed by atoms with Crippen LogP contribution in [0.1, 0.15) is 24.0 Å². The molecular weight excluding hydrogens is 379 g/mol. The van der Waals surface area contributed by atoms with E-state index in [2.05, 4.69) is 10.3 Å². The second kappa shape index (κ2) is 8.17. The van der Waals surface area contributed by atoms with Gasteiger partial charge in [-0.05, 0) is 24.5 Å². The molecule has 1 aromatic carbocycles. The highest BCUT2D eigenvalue weighted by atomic mass is 35.5. The third-order valence-electron chi connectivity index (χ3n) is 4.69. The van der Waals surface area contributed by atoms with Gasteiger partial charge in [-0.1, -0.05) is 41.9 Å². The van der Waals surface area contributed by atoms with Crippen LogP contribution in [0.3, 0.4) is 0 Å². The number of piperidine rings is 1. The molecule has 0 saturated carbocycles. The Balaban J connectivity index is 1.55. The van der Waals surface area contributed by atoms with Crippen molar-refractivity contribution < 1.29 is 22.9 Å². The SMILES string of the molecule is O=C(NCc1ccccc1)C1CCN(c2[nH+]cc(C(F)(F)F)cc2Cl)CC1. The number of halogens is 4. The Hall–Kier alpha value is -2.28. The molecule has 1 aliphatic rings. The van der Waals surface area contributed by atoms with Gasteiger partial charge in [0.25, 0.3) is 5.82 Å². The first kappa shape index (κ1) is 19.5. The van der Waals surface area contributed by atoms with Crippen molar-refractivity contribution in [2.24, 2.45) is 5.92 Å². The number of carbonyl (C=O) groups excluding carboxylic acids is 1. The molecule has 27 heavy (non-hydrogen) atoms. The standard InChI is InChI=1S/C19H19ClF3N3O/c20-16-10-15(19(21,22)23)12-24-17(16)26-8-6-14(7-9-26)18(27)25-11-13-4-2-1-3-5-13/h1-5,10,12,14H,6-9,11H2,(H,25,27)/p+1. The van der Waals surface area contributed by atoms with E-state index in [0.717, 1.165) is 17.8 Å². The first-order valence-corrected chi connectivity index (χ1v) is 9.07. The lowest BCUT2D eigenvalue weighted by atomic mass is 9.95. The maximum Gasteiger partial charge on any atom is 0.419 e. The normalized spacial score (nSPS) is 15.6. The number of pyridine rings is 1. The van der Waals surface area contributed by atoms with Crippen molar-refractivity contribution in [1.29, 1.82) is 0 Å². The van der Waals surface area contributed by atoms with Crippen molar-refractivity contribution in [3.63, 3.8) is 0 Å². The number of nitrogens with zero attached hydrogens (tertiary/aromatic N) is 1. The summed E-state index contributed by atoms with van der Waals surface area (Å²) in [6, 6.07) is 10.6. The zero-order valence-electron chi connectivity index (χ0n) is 14.5. The topological polar surface area (TPSA) is 46.5 Å². The Bertz CT molecular complexity index is 791. The van der Waals surface area contributed by atoms with Gasteiger partial charge < -0.3 is 5.32 Å². The molecule has 0 aliphatic carbocycles. The summed E-state index contributed by atoms with van der Waals surface area (Å²) in [5.41, 5.74) is 0.223. The molecule has 8 heteroatoms. The summed E-state index contributed by atoms with van der Waals surface area (Å²) in [6.45, 7) is 1.58. The van der Waals surface area contributed by atoms with Crippen LogP contribution < -0.4 is 15.2 Å². The summed E-state index contributed by atoms with van der Waals surface area (Å²) in [5, 5.41) is 2.97. The number of aromatic amines is 1. The Morgan fingerprint density at radius 1 is 1.22 bits per heavy atom. The lowest BCUT2D eigenvalue weighted by molar-refractivity contribution is -0.367. The Morgan fingerprint density at radius 2 is 1.89 bits per heavy atom. The summed E-state index contributed by atoms with van der Waals surface area (Å²) >= 11 is 6.03. The van der Waals surface area contributed by atoms with E-state index in [0.29, 0.717) is 38.3 Å². The van der Waals surface area contributed by atoms with Gasteiger partial charge in [0, 0.05) is 12.5 Å². The van der Waals surface area contributed by atoms with E-state index in [1.165, 1.54) is 0 Å². The molecule has 144 valence electrons. The number of rotatable bonds is 4. The second-order valence-electron chi connectivity index (χ2n) is 6.55. The number of anilines is 1. The number of H-pyrrole nitrogens is 1. The van der Waals surface area contributed by atoms with Crippen molar-refractivity contribution in [1.82, 2.24) is 5.32 Å². The van der Waals surface area contributed by atoms with Crippen molar-refractivity contribution in [2.45, 2.75) is 25.6 Å². The average Bonchev–Trinajstić information content (AvgIpc) is 2.66. The maximum absolute atomic E-state index is 12.7. The van der Waals surface area contributed by atoms with Crippen LogP contribution in [-0.2, 0) is 17.5 Å². The average molecular weight is 399 g/mol. The fraction of sp³-hybridized carbons (Fsp3) is 0.368. The summed E-state index contributed by atoms with van der Waals surface area (Å²) in [6.07, 6.45) is -2.29. The minimum atomic E-state index is -4.44. The van der Waals surface area contributed by atoms with E-state index in [9.17, 15) is 18.0 Å². The summed E-state index contributed by atoms with van der Waals surface area (Å²) in [4.78, 5) is 16.9. The van der Waals surface area contributed by atoms with E-state index in [-0.39, 0.29) is 16.8 Å². The van der Waals surface area contributed by atoms with Gasteiger partial charge in [-0.25, -0.2) is 4.98 Å². The van der Waals surface area contributed by atoms with Crippen LogP contribution in [0, 0.1) is 5.92 Å². The highest BCUT2D eigenvalue weighted by Crippen LogP contribution is 2.33. The van der Waals surface area contributed by atoms with Crippen molar-refractivity contribution in [3.05, 3.63) is 58.7 Å². The molecule has 4 nitrogen and oxygen atoms in total. The Kier molecular flexibility index (Phi) is 5.89. The molecule has 3 rings (SSSR count). The lowest BCUT2D eigenvalue weighted by Gasteiger charge is -2.27. The zero-order valence-corrected chi connectivity index (χ0v) is 15.3. The van der Waals surface area contributed by atoms with Gasteiger partial charge in [-0.3, -0.25) is 9.69 Å². The largest absolute Gasteiger partial charge is 0.419 e. The molecule has 1 amide bonds. The fourth-order valence-corrected chi connectivity index (χ4v) is 3.45. The van der Waals surface area contributed by atoms with Gasteiger partial charge in [0.15, 0.2) is 0 Å². The third kappa shape index (κ3) is 4.91. The molecule has 0 spiro atoms. The molecule has 1 aromatic heterocycles. The lowest BCUT2D eigenvalue weighted by Crippen LogP contribution is -2.42. The summed E-state index contributed by atoms with van der Waals surface area (Å²) < 4.78 is 38.2. The van der Waals surface area contributed by atoms with Gasteiger partial charge in [0.2, 0.25) is 5.91 Å². The number of carbonyl (C=O) groups is 1. The molecule has 0 radical (unpaired) electrons. The van der Waals surface area contributed by atoms with E-state index in [1.54, 1.807) is 0 Å². The molecule has 1 saturated heterocycles. The van der Waals surface area contributed by atoms with Crippen molar-refractivity contribution in [2.75, 3.05) is 18.0 Å². The molecule has 1 aliphatic heterocycles. The highest BCUT2D eigenvalue weighted by Gasteiger charge is 2.35. The van der Waals surface area contributed by atoms with Crippen LogP contribution >= 0.6 is 11.6 Å². The molecule has 2 aromatic rings. The van der Waals surface area contributed by atoms with Gasteiger partial charge in [-0.15, -0.1) is 0 Å². The quantitative estimate of drug-likeness (QED) is 0.853. The molecule has 2 heterocycles. The first-order valence-electron chi connectivity index (χ1n) is 8.69. The first-order chi connectivity index (χ1) is 12.8. The van der Waals surface area contributed by atoms with Gasteiger partial charge >= 0.3 is 6.18 Å². The van der Waals surface area contributed by atoms with Crippen molar-refractivity contribution in [3.8, 4) is 0 Å². The summed E-state index contributed by atoms with van der Waals surface area (Å²) in [5.74, 6) is 0.340. The van der Waals surface area contributed by atoms with E-state index < -0.39 is 11.7 Å². The zero-order chi connectivity index (χ0) is 19.4. The highest BCUT2D eigenvalue weighted by molar-refractivity contribution is 6.32. The minimum absolute atomic E-state index is 0.000925.